The van der Waals surface area contributed by atoms with Gasteiger partial charge in [-0.05, 0) is 49.2 Å². The molecule has 1 amide bonds. The molecule has 1 atom stereocenters. The lowest BCUT2D eigenvalue weighted by Gasteiger charge is -2.17. The molecule has 1 aliphatic rings. The number of carbonyl (C=O) groups is 1. The Morgan fingerprint density at radius 2 is 1.82 bits per heavy atom. The Morgan fingerprint density at radius 3 is 2.70 bits per heavy atom. The second kappa shape index (κ2) is 9.43. The van der Waals surface area contributed by atoms with E-state index in [-0.39, 0.29) is 11.9 Å². The van der Waals surface area contributed by atoms with Crippen LogP contribution in [0.5, 0.6) is 0 Å². The van der Waals surface area contributed by atoms with Crippen molar-refractivity contribution in [1.82, 2.24) is 15.2 Å². The first-order chi connectivity index (χ1) is 16.1. The minimum atomic E-state index is -0.0269. The number of amides is 1. The number of hydrogen-bond acceptors (Lipinski definition) is 4. The molecule has 1 unspecified atom stereocenters. The number of aromatic nitrogens is 1. The van der Waals surface area contributed by atoms with Gasteiger partial charge >= 0.3 is 0 Å². The summed E-state index contributed by atoms with van der Waals surface area (Å²) in [5, 5.41) is 7.76. The van der Waals surface area contributed by atoms with Crippen LogP contribution < -0.4 is 10.6 Å². The third-order valence-electron chi connectivity index (χ3n) is 6.10. The maximum absolute atomic E-state index is 13.0. The van der Waals surface area contributed by atoms with Crippen molar-refractivity contribution in [3.05, 3.63) is 102 Å². The van der Waals surface area contributed by atoms with E-state index >= 15 is 0 Å². The van der Waals surface area contributed by atoms with Crippen LogP contribution in [0, 0.1) is 6.92 Å². The van der Waals surface area contributed by atoms with Crippen molar-refractivity contribution in [3.63, 3.8) is 0 Å². The van der Waals surface area contributed by atoms with Crippen LogP contribution in [0.3, 0.4) is 0 Å². The standard InChI is InChI=1S/C28H28N4O/c1-20-16-27(25-12-5-6-13-26(25)29-20)30-23-11-7-10-22(17-23)28(33)31-24-14-15-32(19-24)18-21-8-3-2-4-9-21/h2-13,16-17,24H,14-15,18-19H2,1H3,(H,29,30)(H,31,33). The summed E-state index contributed by atoms with van der Waals surface area (Å²) >= 11 is 0. The van der Waals surface area contributed by atoms with Crippen molar-refractivity contribution in [2.45, 2.75) is 25.9 Å². The number of nitrogens with zero attached hydrogens (tertiary/aromatic N) is 2. The zero-order valence-corrected chi connectivity index (χ0v) is 18.8. The molecule has 5 heteroatoms. The van der Waals surface area contributed by atoms with Crippen molar-refractivity contribution in [1.29, 1.82) is 0 Å². The van der Waals surface area contributed by atoms with Gasteiger partial charge in [0, 0.05) is 53.7 Å². The maximum atomic E-state index is 13.0. The van der Waals surface area contributed by atoms with E-state index in [2.05, 4.69) is 50.8 Å². The third-order valence-corrected chi connectivity index (χ3v) is 6.10. The number of fused-ring (bicyclic) bond motifs is 1. The van der Waals surface area contributed by atoms with E-state index in [1.54, 1.807) is 0 Å². The highest BCUT2D eigenvalue weighted by Crippen LogP contribution is 2.27. The second-order valence-electron chi connectivity index (χ2n) is 8.71. The molecule has 1 aliphatic heterocycles. The summed E-state index contributed by atoms with van der Waals surface area (Å²) in [6.45, 7) is 4.78. The SMILES string of the molecule is Cc1cc(Nc2cccc(C(=O)NC3CCN(Cc4ccccc4)C3)c2)c2ccccc2n1. The normalized spacial score (nSPS) is 16.1. The molecule has 33 heavy (non-hydrogen) atoms. The second-order valence-corrected chi connectivity index (χ2v) is 8.71. The number of likely N-dealkylation sites (tertiary alicyclic amines) is 1. The summed E-state index contributed by atoms with van der Waals surface area (Å²) in [6.07, 6.45) is 0.971. The number of nitrogens with one attached hydrogen (secondary N) is 2. The summed E-state index contributed by atoms with van der Waals surface area (Å²) in [4.78, 5) is 20.0. The van der Waals surface area contributed by atoms with Crippen LogP contribution in [0.1, 0.15) is 28.0 Å². The van der Waals surface area contributed by atoms with Crippen LogP contribution in [0.25, 0.3) is 10.9 Å². The predicted octanol–water partition coefficient (Wildman–Crippen LogP) is 5.29. The molecule has 0 radical (unpaired) electrons. The zero-order chi connectivity index (χ0) is 22.6. The number of anilines is 2. The fourth-order valence-corrected chi connectivity index (χ4v) is 4.51. The number of pyridine rings is 1. The summed E-state index contributed by atoms with van der Waals surface area (Å²) in [7, 11) is 0. The minimum Gasteiger partial charge on any atom is -0.355 e. The Balaban J connectivity index is 1.25. The molecule has 1 saturated heterocycles. The number of hydrogen-bond donors (Lipinski definition) is 2. The highest BCUT2D eigenvalue weighted by atomic mass is 16.1. The number of aryl methyl sites for hydroxylation is 1. The fraction of sp³-hybridized carbons (Fsp3) is 0.214. The Kier molecular flexibility index (Phi) is 6.05. The first kappa shape index (κ1) is 21.2. The van der Waals surface area contributed by atoms with Gasteiger partial charge in [0.2, 0.25) is 0 Å². The molecule has 1 aromatic heterocycles. The molecule has 0 saturated carbocycles. The molecule has 0 spiro atoms. The highest BCUT2D eigenvalue weighted by Gasteiger charge is 2.24. The lowest BCUT2D eigenvalue weighted by Crippen LogP contribution is -2.37. The summed E-state index contributed by atoms with van der Waals surface area (Å²) in [6, 6.07) is 28.5. The number of benzene rings is 3. The molecule has 1 fully saturated rings. The van der Waals surface area contributed by atoms with Gasteiger partial charge in [-0.15, -0.1) is 0 Å². The Labute approximate surface area is 194 Å². The van der Waals surface area contributed by atoms with Gasteiger partial charge in [-0.2, -0.15) is 0 Å². The van der Waals surface area contributed by atoms with E-state index in [9.17, 15) is 4.79 Å². The molecule has 5 nitrogen and oxygen atoms in total. The number of rotatable bonds is 6. The highest BCUT2D eigenvalue weighted by molar-refractivity contribution is 5.97. The molecule has 0 aliphatic carbocycles. The number of para-hydroxylation sites is 1. The zero-order valence-electron chi connectivity index (χ0n) is 18.8. The van der Waals surface area contributed by atoms with E-state index in [4.69, 9.17) is 0 Å². The summed E-state index contributed by atoms with van der Waals surface area (Å²) < 4.78 is 0. The molecule has 166 valence electrons. The van der Waals surface area contributed by atoms with E-state index in [0.29, 0.717) is 5.56 Å². The molecular formula is C28H28N4O. The monoisotopic (exact) mass is 436 g/mol. The molecule has 4 aromatic rings. The van der Waals surface area contributed by atoms with E-state index in [1.165, 1.54) is 5.56 Å². The van der Waals surface area contributed by atoms with Gasteiger partial charge in [-0.1, -0.05) is 54.6 Å². The average molecular weight is 437 g/mol. The summed E-state index contributed by atoms with van der Waals surface area (Å²) in [5.74, 6) is -0.0269. The van der Waals surface area contributed by atoms with Crippen molar-refractivity contribution in [2.75, 3.05) is 18.4 Å². The predicted molar refractivity (Wildman–Crippen MR) is 134 cm³/mol. The molecule has 5 rings (SSSR count). The lowest BCUT2D eigenvalue weighted by atomic mass is 10.1. The molecular weight excluding hydrogens is 408 g/mol. The smallest absolute Gasteiger partial charge is 0.251 e. The third kappa shape index (κ3) is 5.04. The van der Waals surface area contributed by atoms with Gasteiger partial charge in [-0.25, -0.2) is 0 Å². The Morgan fingerprint density at radius 1 is 1.00 bits per heavy atom. The van der Waals surface area contributed by atoms with Gasteiger partial charge in [0.25, 0.3) is 5.91 Å². The molecule has 2 heterocycles. The topological polar surface area (TPSA) is 57.3 Å². The minimum absolute atomic E-state index is 0.0269. The van der Waals surface area contributed by atoms with E-state index in [1.807, 2.05) is 61.5 Å². The van der Waals surface area contributed by atoms with Gasteiger partial charge in [-0.3, -0.25) is 14.7 Å². The van der Waals surface area contributed by atoms with Crippen LogP contribution in [-0.2, 0) is 6.54 Å². The van der Waals surface area contributed by atoms with Gasteiger partial charge in [0.1, 0.15) is 0 Å². The van der Waals surface area contributed by atoms with Crippen molar-refractivity contribution < 1.29 is 4.79 Å². The average Bonchev–Trinajstić information content (AvgIpc) is 3.26. The van der Waals surface area contributed by atoms with Crippen molar-refractivity contribution in [2.24, 2.45) is 0 Å². The largest absolute Gasteiger partial charge is 0.355 e. The van der Waals surface area contributed by atoms with Gasteiger partial charge < -0.3 is 10.6 Å². The molecule has 0 bridgehead atoms. The van der Waals surface area contributed by atoms with Gasteiger partial charge in [0.15, 0.2) is 0 Å². The fourth-order valence-electron chi connectivity index (χ4n) is 4.51. The van der Waals surface area contributed by atoms with Crippen molar-refractivity contribution >= 4 is 28.2 Å². The first-order valence-corrected chi connectivity index (χ1v) is 11.4. The Hall–Kier alpha value is -3.70. The van der Waals surface area contributed by atoms with Crippen molar-refractivity contribution in [3.8, 4) is 0 Å². The molecule has 3 aromatic carbocycles. The van der Waals surface area contributed by atoms with Crippen LogP contribution >= 0.6 is 0 Å². The maximum Gasteiger partial charge on any atom is 0.251 e. The van der Waals surface area contributed by atoms with Crippen LogP contribution in [0.4, 0.5) is 11.4 Å². The van der Waals surface area contributed by atoms with Gasteiger partial charge in [0.05, 0.1) is 5.52 Å². The van der Waals surface area contributed by atoms with Crippen LogP contribution in [0.15, 0.2) is 84.9 Å². The lowest BCUT2D eigenvalue weighted by molar-refractivity contribution is 0.0937. The Bertz CT molecular complexity index is 1270. The molecule has 2 N–H and O–H groups in total. The first-order valence-electron chi connectivity index (χ1n) is 11.4. The summed E-state index contributed by atoms with van der Waals surface area (Å²) in [5.41, 5.74) is 5.75. The quantitative estimate of drug-likeness (QED) is 0.431. The van der Waals surface area contributed by atoms with E-state index < -0.39 is 0 Å². The van der Waals surface area contributed by atoms with E-state index in [0.717, 1.165) is 54.0 Å². The van der Waals surface area contributed by atoms with Crippen LogP contribution in [0.2, 0.25) is 0 Å². The van der Waals surface area contributed by atoms with Crippen LogP contribution in [-0.4, -0.2) is 34.9 Å². The number of carbonyl (C=O) groups excluding carboxylic acids is 1.